The molecule has 0 atom stereocenters. The molecule has 0 spiro atoms. The number of aryl methyl sites for hydroxylation is 1. The molecule has 0 amide bonds. The number of allylic oxidation sites excluding steroid dienone is 1. The van der Waals surface area contributed by atoms with Gasteiger partial charge in [0, 0.05) is 12.1 Å². The molecule has 0 radical (unpaired) electrons. The lowest BCUT2D eigenvalue weighted by atomic mass is 10.1. The van der Waals surface area contributed by atoms with E-state index in [0.29, 0.717) is 28.8 Å². The summed E-state index contributed by atoms with van der Waals surface area (Å²) in [6.07, 6.45) is 1.79. The van der Waals surface area contributed by atoms with Crippen LogP contribution >= 0.6 is 11.8 Å². The molecule has 0 saturated carbocycles. The van der Waals surface area contributed by atoms with Crippen LogP contribution in [0.2, 0.25) is 0 Å². The highest BCUT2D eigenvalue weighted by Gasteiger charge is 2.18. The first kappa shape index (κ1) is 20.7. The second-order valence-corrected chi connectivity index (χ2v) is 7.30. The van der Waals surface area contributed by atoms with E-state index in [1.807, 2.05) is 29.7 Å². The number of ether oxygens (including phenoxy) is 2. The third-order valence-corrected chi connectivity index (χ3v) is 5.31. The average Bonchev–Trinajstić information content (AvgIpc) is 3.14. The van der Waals surface area contributed by atoms with Crippen LogP contribution in [0.15, 0.2) is 60.3 Å². The van der Waals surface area contributed by atoms with Gasteiger partial charge in [-0.1, -0.05) is 41.6 Å². The summed E-state index contributed by atoms with van der Waals surface area (Å²) in [5, 5.41) is 9.31. The number of rotatable bonds is 9. The van der Waals surface area contributed by atoms with E-state index in [1.54, 1.807) is 38.5 Å². The molecule has 3 rings (SSSR count). The Morgan fingerprint density at radius 2 is 2.00 bits per heavy atom. The lowest BCUT2D eigenvalue weighted by molar-refractivity contribution is 0.101. The Kier molecular flexibility index (Phi) is 6.72. The van der Waals surface area contributed by atoms with Crippen molar-refractivity contribution in [1.29, 1.82) is 0 Å². The number of methoxy groups -OCH3 is 2. The summed E-state index contributed by atoms with van der Waals surface area (Å²) in [4.78, 5) is 12.8. The minimum absolute atomic E-state index is 0.0731. The summed E-state index contributed by atoms with van der Waals surface area (Å²) in [6.45, 7) is 6.42. The van der Waals surface area contributed by atoms with Crippen molar-refractivity contribution < 1.29 is 14.3 Å². The van der Waals surface area contributed by atoms with Gasteiger partial charge in [-0.3, -0.25) is 9.36 Å². The number of hydrogen-bond acceptors (Lipinski definition) is 6. The van der Waals surface area contributed by atoms with Crippen molar-refractivity contribution in [1.82, 2.24) is 14.8 Å². The van der Waals surface area contributed by atoms with Crippen LogP contribution in [-0.2, 0) is 6.54 Å². The first-order valence-corrected chi connectivity index (χ1v) is 10.0. The predicted molar refractivity (Wildman–Crippen MR) is 115 cm³/mol. The lowest BCUT2D eigenvalue weighted by Gasteiger charge is -2.10. The fourth-order valence-electron chi connectivity index (χ4n) is 2.93. The Labute approximate surface area is 174 Å². The summed E-state index contributed by atoms with van der Waals surface area (Å²) in [6, 6.07) is 13.3. The second-order valence-electron chi connectivity index (χ2n) is 6.35. The van der Waals surface area contributed by atoms with E-state index in [1.165, 1.54) is 11.8 Å². The van der Waals surface area contributed by atoms with Crippen molar-refractivity contribution in [3.05, 3.63) is 66.2 Å². The number of carbonyl (C=O) groups excluding carboxylic acids is 1. The van der Waals surface area contributed by atoms with E-state index in [-0.39, 0.29) is 11.5 Å². The van der Waals surface area contributed by atoms with Gasteiger partial charge >= 0.3 is 0 Å². The Morgan fingerprint density at radius 3 is 2.69 bits per heavy atom. The van der Waals surface area contributed by atoms with Crippen molar-refractivity contribution in [3.8, 4) is 22.9 Å². The molecule has 0 N–H and O–H groups in total. The third-order valence-electron chi connectivity index (χ3n) is 4.34. The van der Waals surface area contributed by atoms with Gasteiger partial charge in [0.05, 0.1) is 25.5 Å². The van der Waals surface area contributed by atoms with Gasteiger partial charge in [-0.2, -0.15) is 0 Å². The number of benzene rings is 2. The zero-order chi connectivity index (χ0) is 20.8. The molecular weight excluding hydrogens is 386 g/mol. The van der Waals surface area contributed by atoms with Crippen molar-refractivity contribution in [2.24, 2.45) is 0 Å². The largest absolute Gasteiger partial charge is 0.497 e. The van der Waals surface area contributed by atoms with Crippen LogP contribution in [0.3, 0.4) is 0 Å². The molecule has 0 fully saturated rings. The highest BCUT2D eigenvalue weighted by atomic mass is 32.2. The van der Waals surface area contributed by atoms with Gasteiger partial charge in [0.2, 0.25) is 0 Å². The van der Waals surface area contributed by atoms with Gasteiger partial charge in [-0.25, -0.2) is 0 Å². The Balaban J connectivity index is 1.84. The molecule has 2 aromatic carbocycles. The maximum atomic E-state index is 12.8. The van der Waals surface area contributed by atoms with Crippen molar-refractivity contribution in [2.45, 2.75) is 18.6 Å². The quantitative estimate of drug-likeness (QED) is 0.296. The first-order valence-electron chi connectivity index (χ1n) is 9.06. The minimum Gasteiger partial charge on any atom is -0.497 e. The number of thioether (sulfide) groups is 1. The smallest absolute Gasteiger partial charge is 0.192 e. The molecular formula is C22H23N3O3S. The number of nitrogens with zero attached hydrogens (tertiary/aromatic N) is 3. The van der Waals surface area contributed by atoms with Gasteiger partial charge in [0.1, 0.15) is 11.5 Å². The van der Waals surface area contributed by atoms with Crippen LogP contribution < -0.4 is 9.47 Å². The molecule has 29 heavy (non-hydrogen) atoms. The van der Waals surface area contributed by atoms with Crippen LogP contribution in [-0.4, -0.2) is 40.5 Å². The number of carbonyl (C=O) groups is 1. The SMILES string of the molecule is C=CCn1c(SCC(=O)c2cc(OC)ccc2OC)nnc1-c1cccc(C)c1. The van der Waals surface area contributed by atoms with Crippen LogP contribution in [0.5, 0.6) is 11.5 Å². The molecule has 0 bridgehead atoms. The highest BCUT2D eigenvalue weighted by molar-refractivity contribution is 7.99. The molecule has 0 aliphatic rings. The van der Waals surface area contributed by atoms with Gasteiger partial charge < -0.3 is 9.47 Å². The molecule has 1 aromatic heterocycles. The number of hydrogen-bond donors (Lipinski definition) is 0. The van der Waals surface area contributed by atoms with E-state index in [9.17, 15) is 4.79 Å². The first-order chi connectivity index (χ1) is 14.1. The fraction of sp³-hybridized carbons (Fsp3) is 0.227. The summed E-state index contributed by atoms with van der Waals surface area (Å²) in [5.74, 6) is 2.01. The Bertz CT molecular complexity index is 1030. The normalized spacial score (nSPS) is 10.6. The Morgan fingerprint density at radius 1 is 1.17 bits per heavy atom. The van der Waals surface area contributed by atoms with E-state index >= 15 is 0 Å². The van der Waals surface area contributed by atoms with Crippen LogP contribution in [0.4, 0.5) is 0 Å². The van der Waals surface area contributed by atoms with Crippen molar-refractivity contribution in [3.63, 3.8) is 0 Å². The van der Waals surface area contributed by atoms with Gasteiger partial charge in [0.25, 0.3) is 0 Å². The third kappa shape index (κ3) is 4.68. The van der Waals surface area contributed by atoms with Gasteiger partial charge in [0.15, 0.2) is 16.8 Å². The Hall–Kier alpha value is -3.06. The standard InChI is InChI=1S/C22H23N3O3S/c1-5-11-25-21(16-8-6-7-15(2)12-16)23-24-22(25)29-14-19(26)18-13-17(27-3)9-10-20(18)28-4/h5-10,12-13H,1,11,14H2,2-4H3. The summed E-state index contributed by atoms with van der Waals surface area (Å²) in [5.41, 5.74) is 2.60. The predicted octanol–water partition coefficient (Wildman–Crippen LogP) is 4.43. The molecule has 0 unspecified atom stereocenters. The fourth-order valence-corrected chi connectivity index (χ4v) is 3.76. The average molecular weight is 410 g/mol. The van der Waals surface area contributed by atoms with Crippen molar-refractivity contribution in [2.75, 3.05) is 20.0 Å². The van der Waals surface area contributed by atoms with Crippen LogP contribution in [0, 0.1) is 6.92 Å². The highest BCUT2D eigenvalue weighted by Crippen LogP contribution is 2.28. The lowest BCUT2D eigenvalue weighted by Crippen LogP contribution is -2.07. The molecule has 7 heteroatoms. The van der Waals surface area contributed by atoms with Crippen LogP contribution in [0.25, 0.3) is 11.4 Å². The maximum absolute atomic E-state index is 12.8. The summed E-state index contributed by atoms with van der Waals surface area (Å²) < 4.78 is 12.5. The molecule has 0 saturated heterocycles. The molecule has 0 aliphatic heterocycles. The number of Topliss-reactive ketones (excluding diaryl/α,β-unsaturated/α-hetero) is 1. The zero-order valence-corrected chi connectivity index (χ0v) is 17.5. The number of aromatic nitrogens is 3. The van der Waals surface area contributed by atoms with Crippen LogP contribution in [0.1, 0.15) is 15.9 Å². The molecule has 0 aliphatic carbocycles. The van der Waals surface area contributed by atoms with Crippen molar-refractivity contribution >= 4 is 17.5 Å². The topological polar surface area (TPSA) is 66.2 Å². The maximum Gasteiger partial charge on any atom is 0.192 e. The molecule has 1 heterocycles. The number of ketones is 1. The minimum atomic E-state index is -0.0731. The molecule has 3 aromatic rings. The second kappa shape index (κ2) is 9.43. The van der Waals surface area contributed by atoms with E-state index in [2.05, 4.69) is 22.8 Å². The van der Waals surface area contributed by atoms with E-state index in [0.717, 1.165) is 17.0 Å². The summed E-state index contributed by atoms with van der Waals surface area (Å²) >= 11 is 1.34. The van der Waals surface area contributed by atoms with E-state index in [4.69, 9.17) is 9.47 Å². The van der Waals surface area contributed by atoms with Gasteiger partial charge in [-0.15, -0.1) is 16.8 Å². The molecule has 150 valence electrons. The summed E-state index contributed by atoms with van der Waals surface area (Å²) in [7, 11) is 3.11. The zero-order valence-electron chi connectivity index (χ0n) is 16.7. The molecule has 6 nitrogen and oxygen atoms in total. The monoisotopic (exact) mass is 409 g/mol. The van der Waals surface area contributed by atoms with E-state index < -0.39 is 0 Å². The van der Waals surface area contributed by atoms with Gasteiger partial charge in [-0.05, 0) is 31.2 Å².